The van der Waals surface area contributed by atoms with Crippen molar-refractivity contribution in [3.8, 4) is 0 Å². The molecule has 3 aromatic carbocycles. The van der Waals surface area contributed by atoms with Crippen LogP contribution in [0.1, 0.15) is 57.8 Å². The van der Waals surface area contributed by atoms with Crippen LogP contribution in [0.2, 0.25) is 5.04 Å². The Morgan fingerprint density at radius 3 is 1.87 bits per heavy atom. The zero-order valence-electron chi connectivity index (χ0n) is 24.0. The van der Waals surface area contributed by atoms with Crippen molar-refractivity contribution in [2.24, 2.45) is 11.8 Å². The van der Waals surface area contributed by atoms with E-state index in [0.29, 0.717) is 12.2 Å². The molecule has 3 nitrogen and oxygen atoms in total. The van der Waals surface area contributed by atoms with Gasteiger partial charge in [-0.2, -0.15) is 0 Å². The van der Waals surface area contributed by atoms with Gasteiger partial charge in [-0.05, 0) is 66.2 Å². The largest absolute Gasteiger partial charge is 0.454 e. The number of ether oxygens (including phenoxy) is 1. The fraction of sp³-hybridized carbons (Fsp3) is 0.343. The Labute approximate surface area is 235 Å². The van der Waals surface area contributed by atoms with E-state index in [-0.39, 0.29) is 28.9 Å². The van der Waals surface area contributed by atoms with Gasteiger partial charge in [0.05, 0.1) is 5.56 Å². The predicted octanol–water partition coefficient (Wildman–Crippen LogP) is 7.34. The summed E-state index contributed by atoms with van der Waals surface area (Å²) in [5.74, 6) is 0.194. The Bertz CT molecular complexity index is 1220. The van der Waals surface area contributed by atoms with Gasteiger partial charge < -0.3 is 9.16 Å². The molecule has 1 aliphatic carbocycles. The van der Waals surface area contributed by atoms with Crippen LogP contribution in [0, 0.1) is 11.8 Å². The van der Waals surface area contributed by atoms with Gasteiger partial charge in [-0.15, -0.1) is 0 Å². The van der Waals surface area contributed by atoms with Crippen LogP contribution in [0.25, 0.3) is 0 Å². The first-order chi connectivity index (χ1) is 18.7. The summed E-state index contributed by atoms with van der Waals surface area (Å²) in [6, 6.07) is 30.8. The molecule has 0 N–H and O–H groups in total. The third kappa shape index (κ3) is 6.69. The summed E-state index contributed by atoms with van der Waals surface area (Å²) in [5, 5.41) is 2.53. The standard InChI is InChI=1S/C35H42O3Si/c1-27(2)21-23-32-28(22-24-33(32)38-34(36)29-15-9-6-10-16-29)25-26-37-39(35(3,4)5,30-17-11-7-12-18-30)31-19-13-8-14-20-31/h6-22,24,28,32-33H,23,25-26H2,1-5H3/t28-,32+,33?/m0/s1. The Morgan fingerprint density at radius 1 is 0.821 bits per heavy atom. The number of esters is 1. The number of rotatable bonds is 10. The molecular weight excluding hydrogens is 496 g/mol. The lowest BCUT2D eigenvalue weighted by molar-refractivity contribution is 0.0254. The van der Waals surface area contributed by atoms with Crippen molar-refractivity contribution >= 4 is 24.7 Å². The molecule has 1 unspecified atom stereocenters. The van der Waals surface area contributed by atoms with Gasteiger partial charge in [-0.3, -0.25) is 0 Å². The molecule has 0 spiro atoms. The molecule has 0 amide bonds. The molecule has 204 valence electrons. The number of allylic oxidation sites excluding steroid dienone is 3. The second-order valence-electron chi connectivity index (χ2n) is 11.8. The van der Waals surface area contributed by atoms with Gasteiger partial charge >= 0.3 is 5.97 Å². The van der Waals surface area contributed by atoms with Gasteiger partial charge in [0.25, 0.3) is 8.32 Å². The first-order valence-corrected chi connectivity index (χ1v) is 16.0. The van der Waals surface area contributed by atoms with Crippen molar-refractivity contribution in [1.82, 2.24) is 0 Å². The monoisotopic (exact) mass is 538 g/mol. The molecule has 0 saturated carbocycles. The molecule has 0 saturated heterocycles. The highest BCUT2D eigenvalue weighted by atomic mass is 28.4. The molecule has 0 radical (unpaired) electrons. The van der Waals surface area contributed by atoms with Gasteiger partial charge in [-0.25, -0.2) is 4.79 Å². The Hall–Kier alpha value is -3.21. The maximum absolute atomic E-state index is 12.9. The minimum absolute atomic E-state index is 0.0591. The molecule has 4 rings (SSSR count). The number of carbonyl (C=O) groups excluding carboxylic acids is 1. The highest BCUT2D eigenvalue weighted by Gasteiger charge is 2.50. The van der Waals surface area contributed by atoms with Crippen LogP contribution in [-0.4, -0.2) is 27.0 Å². The normalized spacial score (nSPS) is 19.1. The van der Waals surface area contributed by atoms with Crippen LogP contribution >= 0.6 is 0 Å². The van der Waals surface area contributed by atoms with Gasteiger partial charge in [0.2, 0.25) is 0 Å². The van der Waals surface area contributed by atoms with Crippen molar-refractivity contribution in [2.75, 3.05) is 6.61 Å². The molecule has 3 atom stereocenters. The fourth-order valence-electron chi connectivity index (χ4n) is 5.77. The van der Waals surface area contributed by atoms with Crippen molar-refractivity contribution in [3.63, 3.8) is 0 Å². The molecule has 1 aliphatic rings. The maximum atomic E-state index is 12.9. The Morgan fingerprint density at radius 2 is 1.36 bits per heavy atom. The van der Waals surface area contributed by atoms with Crippen LogP contribution < -0.4 is 10.4 Å². The quantitative estimate of drug-likeness (QED) is 0.154. The molecular formula is C35H42O3Si. The van der Waals surface area contributed by atoms with E-state index in [2.05, 4.69) is 114 Å². The predicted molar refractivity (Wildman–Crippen MR) is 164 cm³/mol. The molecule has 39 heavy (non-hydrogen) atoms. The van der Waals surface area contributed by atoms with E-state index < -0.39 is 8.32 Å². The van der Waals surface area contributed by atoms with Crippen LogP contribution in [0.3, 0.4) is 0 Å². The van der Waals surface area contributed by atoms with E-state index in [0.717, 1.165) is 12.8 Å². The number of hydrogen-bond acceptors (Lipinski definition) is 3. The lowest BCUT2D eigenvalue weighted by Crippen LogP contribution is -2.66. The lowest BCUT2D eigenvalue weighted by Gasteiger charge is -2.43. The zero-order chi connectivity index (χ0) is 27.9. The van der Waals surface area contributed by atoms with Crippen LogP contribution in [0.4, 0.5) is 0 Å². The van der Waals surface area contributed by atoms with Crippen molar-refractivity contribution < 1.29 is 14.0 Å². The molecule has 3 aromatic rings. The average Bonchev–Trinajstić information content (AvgIpc) is 3.31. The summed E-state index contributed by atoms with van der Waals surface area (Å²) in [6.45, 7) is 11.8. The molecule has 0 aromatic heterocycles. The van der Waals surface area contributed by atoms with Gasteiger partial charge in [0, 0.05) is 12.5 Å². The Balaban J connectivity index is 1.55. The third-order valence-electron chi connectivity index (χ3n) is 7.76. The summed E-state index contributed by atoms with van der Waals surface area (Å²) >= 11 is 0. The van der Waals surface area contributed by atoms with Gasteiger partial charge in [-0.1, -0.05) is 117 Å². The summed E-state index contributed by atoms with van der Waals surface area (Å²) in [7, 11) is -2.59. The van der Waals surface area contributed by atoms with Crippen LogP contribution in [0.15, 0.2) is 115 Å². The van der Waals surface area contributed by atoms with Crippen molar-refractivity contribution in [2.45, 2.75) is 58.6 Å². The third-order valence-corrected chi connectivity index (χ3v) is 12.8. The maximum Gasteiger partial charge on any atom is 0.338 e. The molecule has 0 bridgehead atoms. The fourth-order valence-corrected chi connectivity index (χ4v) is 10.4. The number of benzene rings is 3. The minimum Gasteiger partial charge on any atom is -0.454 e. The second kappa shape index (κ2) is 12.8. The number of hydrogen-bond donors (Lipinski definition) is 0. The molecule has 0 heterocycles. The highest BCUT2D eigenvalue weighted by molar-refractivity contribution is 6.99. The summed E-state index contributed by atoms with van der Waals surface area (Å²) in [5.41, 5.74) is 1.86. The average molecular weight is 539 g/mol. The summed E-state index contributed by atoms with van der Waals surface area (Å²) in [6.07, 6.45) is 8.08. The first-order valence-electron chi connectivity index (χ1n) is 14.0. The smallest absolute Gasteiger partial charge is 0.338 e. The van der Waals surface area contributed by atoms with Crippen LogP contribution in [-0.2, 0) is 9.16 Å². The van der Waals surface area contributed by atoms with E-state index in [1.807, 2.05) is 18.2 Å². The number of carbonyl (C=O) groups is 1. The minimum atomic E-state index is -2.59. The van der Waals surface area contributed by atoms with Gasteiger partial charge in [0.1, 0.15) is 6.10 Å². The van der Waals surface area contributed by atoms with E-state index >= 15 is 0 Å². The van der Waals surface area contributed by atoms with Crippen molar-refractivity contribution in [3.05, 3.63) is 120 Å². The zero-order valence-corrected chi connectivity index (χ0v) is 25.0. The molecule has 0 fully saturated rings. The summed E-state index contributed by atoms with van der Waals surface area (Å²) < 4.78 is 13.2. The van der Waals surface area contributed by atoms with E-state index in [4.69, 9.17) is 9.16 Å². The van der Waals surface area contributed by atoms with Crippen LogP contribution in [0.5, 0.6) is 0 Å². The van der Waals surface area contributed by atoms with E-state index in [1.165, 1.54) is 15.9 Å². The molecule has 0 aliphatic heterocycles. The SMILES string of the molecule is CC(C)=CC[C@H]1C(OC(=O)c2ccccc2)C=C[C@H]1CCO[Si](c1ccccc1)(c1ccccc1)C(C)(C)C. The summed E-state index contributed by atoms with van der Waals surface area (Å²) in [4.78, 5) is 12.9. The highest BCUT2D eigenvalue weighted by Crippen LogP contribution is 2.38. The first kappa shape index (κ1) is 28.8. The van der Waals surface area contributed by atoms with Crippen molar-refractivity contribution in [1.29, 1.82) is 0 Å². The Kier molecular flexibility index (Phi) is 9.42. The van der Waals surface area contributed by atoms with E-state index in [9.17, 15) is 4.79 Å². The van der Waals surface area contributed by atoms with E-state index in [1.54, 1.807) is 12.1 Å². The molecule has 4 heteroatoms. The topological polar surface area (TPSA) is 35.5 Å². The van der Waals surface area contributed by atoms with Gasteiger partial charge in [0.15, 0.2) is 0 Å². The lowest BCUT2D eigenvalue weighted by atomic mass is 9.88. The second-order valence-corrected chi connectivity index (χ2v) is 16.1.